The van der Waals surface area contributed by atoms with Gasteiger partial charge in [-0.3, -0.25) is 9.59 Å². The maximum absolute atomic E-state index is 11.7. The summed E-state index contributed by atoms with van der Waals surface area (Å²) in [6.45, 7) is 3.90. The summed E-state index contributed by atoms with van der Waals surface area (Å²) < 4.78 is 0. The predicted octanol–water partition coefficient (Wildman–Crippen LogP) is -0.0933. The van der Waals surface area contributed by atoms with Gasteiger partial charge >= 0.3 is 0 Å². The summed E-state index contributed by atoms with van der Waals surface area (Å²) in [7, 11) is 0. The largest absolute Gasteiger partial charge is 0.394 e. The van der Waals surface area contributed by atoms with Crippen LogP contribution in [0.1, 0.15) is 30.8 Å². The highest BCUT2D eigenvalue weighted by atomic mass is 16.3. The van der Waals surface area contributed by atoms with Crippen molar-refractivity contribution in [1.29, 1.82) is 0 Å². The Kier molecular flexibility index (Phi) is 4.84. The van der Waals surface area contributed by atoms with Gasteiger partial charge in [0.1, 0.15) is 5.69 Å². The highest BCUT2D eigenvalue weighted by Gasteiger charge is 2.15. The van der Waals surface area contributed by atoms with Gasteiger partial charge in [0.2, 0.25) is 0 Å². The van der Waals surface area contributed by atoms with E-state index in [1.54, 1.807) is 0 Å². The second-order valence-electron chi connectivity index (χ2n) is 4.29. The first kappa shape index (κ1) is 13.4. The van der Waals surface area contributed by atoms with E-state index in [-0.39, 0.29) is 23.9 Å². The van der Waals surface area contributed by atoms with Crippen LogP contribution in [0, 0.1) is 5.92 Å². The van der Waals surface area contributed by atoms with E-state index in [1.807, 2.05) is 13.8 Å². The van der Waals surface area contributed by atoms with Crippen molar-refractivity contribution < 1.29 is 9.90 Å². The molecule has 3 N–H and O–H groups in total. The number of H-pyrrole nitrogens is 1. The zero-order valence-corrected chi connectivity index (χ0v) is 9.93. The Labute approximate surface area is 99.1 Å². The maximum atomic E-state index is 11.7. The van der Waals surface area contributed by atoms with Gasteiger partial charge in [0.25, 0.3) is 11.5 Å². The Bertz CT molecular complexity index is 408. The molecular weight excluding hydrogens is 222 g/mol. The zero-order valence-electron chi connectivity index (χ0n) is 9.93. The van der Waals surface area contributed by atoms with Crippen LogP contribution in [0.25, 0.3) is 0 Å². The van der Waals surface area contributed by atoms with E-state index in [1.165, 1.54) is 12.1 Å². The Morgan fingerprint density at radius 1 is 1.53 bits per heavy atom. The highest BCUT2D eigenvalue weighted by Crippen LogP contribution is 2.04. The lowest BCUT2D eigenvalue weighted by atomic mass is 10.0. The summed E-state index contributed by atoms with van der Waals surface area (Å²) in [5, 5.41) is 17.6. The molecule has 1 unspecified atom stereocenters. The minimum Gasteiger partial charge on any atom is -0.394 e. The summed E-state index contributed by atoms with van der Waals surface area (Å²) in [4.78, 5) is 22.5. The normalized spacial score (nSPS) is 12.5. The third-order valence-corrected chi connectivity index (χ3v) is 2.22. The molecule has 0 aliphatic carbocycles. The van der Waals surface area contributed by atoms with Crippen molar-refractivity contribution in [3.63, 3.8) is 0 Å². The molecule has 0 aliphatic rings. The molecule has 0 fully saturated rings. The van der Waals surface area contributed by atoms with Crippen molar-refractivity contribution >= 4 is 5.91 Å². The number of hydrogen-bond donors (Lipinski definition) is 3. The molecule has 1 aromatic rings. The number of amides is 1. The smallest absolute Gasteiger partial charge is 0.272 e. The number of aromatic nitrogens is 2. The quantitative estimate of drug-likeness (QED) is 0.669. The Morgan fingerprint density at radius 2 is 2.24 bits per heavy atom. The summed E-state index contributed by atoms with van der Waals surface area (Å²) in [5.41, 5.74) is -0.228. The standard InChI is InChI=1S/C11H17N3O3/c1-7(2)5-8(6-15)12-11(17)9-3-4-10(16)14-13-9/h3-4,7-8,15H,5-6H2,1-2H3,(H,12,17)(H,14,16). The van der Waals surface area contributed by atoms with Crippen molar-refractivity contribution in [2.45, 2.75) is 26.3 Å². The molecule has 1 aromatic heterocycles. The van der Waals surface area contributed by atoms with E-state index >= 15 is 0 Å². The summed E-state index contributed by atoms with van der Waals surface area (Å²) >= 11 is 0. The molecule has 0 saturated carbocycles. The number of aromatic amines is 1. The van der Waals surface area contributed by atoms with Gasteiger partial charge in [-0.05, 0) is 18.4 Å². The predicted molar refractivity (Wildman–Crippen MR) is 62.7 cm³/mol. The summed E-state index contributed by atoms with van der Waals surface area (Å²) in [5.74, 6) is -0.0306. The molecule has 0 bridgehead atoms. The lowest BCUT2D eigenvalue weighted by Gasteiger charge is -2.17. The van der Waals surface area contributed by atoms with Gasteiger partial charge in [0.05, 0.1) is 12.6 Å². The molecule has 0 radical (unpaired) electrons. The first-order chi connectivity index (χ1) is 8.02. The SMILES string of the molecule is CC(C)CC(CO)NC(=O)c1ccc(=O)[nH]n1. The highest BCUT2D eigenvalue weighted by molar-refractivity contribution is 5.92. The van der Waals surface area contributed by atoms with Gasteiger partial charge in [-0.1, -0.05) is 13.8 Å². The maximum Gasteiger partial charge on any atom is 0.272 e. The topological polar surface area (TPSA) is 95.1 Å². The van der Waals surface area contributed by atoms with Crippen LogP contribution < -0.4 is 10.9 Å². The molecule has 0 saturated heterocycles. The molecule has 6 nitrogen and oxygen atoms in total. The van der Waals surface area contributed by atoms with E-state index < -0.39 is 5.91 Å². The minimum absolute atomic E-state index is 0.118. The van der Waals surface area contributed by atoms with Crippen LogP contribution >= 0.6 is 0 Å². The lowest BCUT2D eigenvalue weighted by molar-refractivity contribution is 0.0902. The van der Waals surface area contributed by atoms with Crippen LogP contribution in [-0.4, -0.2) is 33.9 Å². The Morgan fingerprint density at radius 3 is 2.71 bits per heavy atom. The van der Waals surface area contributed by atoms with Gasteiger partial charge in [-0.25, -0.2) is 5.10 Å². The fraction of sp³-hybridized carbons (Fsp3) is 0.545. The third kappa shape index (κ3) is 4.36. The van der Waals surface area contributed by atoms with E-state index in [2.05, 4.69) is 15.5 Å². The molecule has 94 valence electrons. The number of nitrogens with zero attached hydrogens (tertiary/aromatic N) is 1. The number of aliphatic hydroxyl groups is 1. The van der Waals surface area contributed by atoms with E-state index in [9.17, 15) is 9.59 Å². The number of nitrogens with one attached hydrogen (secondary N) is 2. The molecule has 17 heavy (non-hydrogen) atoms. The second kappa shape index (κ2) is 6.15. The first-order valence-electron chi connectivity index (χ1n) is 5.50. The van der Waals surface area contributed by atoms with Crippen molar-refractivity contribution in [2.24, 2.45) is 5.92 Å². The third-order valence-electron chi connectivity index (χ3n) is 2.22. The summed E-state index contributed by atoms with van der Waals surface area (Å²) in [6, 6.07) is 2.28. The fourth-order valence-electron chi connectivity index (χ4n) is 1.48. The van der Waals surface area contributed by atoms with Crippen LogP contribution in [0.2, 0.25) is 0 Å². The van der Waals surface area contributed by atoms with Gasteiger partial charge in [0, 0.05) is 6.07 Å². The molecule has 1 rings (SSSR count). The van der Waals surface area contributed by atoms with Crippen molar-refractivity contribution in [1.82, 2.24) is 15.5 Å². The van der Waals surface area contributed by atoms with Crippen LogP contribution in [0.5, 0.6) is 0 Å². The van der Waals surface area contributed by atoms with E-state index in [4.69, 9.17) is 5.11 Å². The molecule has 1 atom stereocenters. The van der Waals surface area contributed by atoms with Crippen molar-refractivity contribution in [3.05, 3.63) is 28.2 Å². The number of rotatable bonds is 5. The summed E-state index contributed by atoms with van der Waals surface area (Å²) in [6.07, 6.45) is 0.686. The van der Waals surface area contributed by atoms with Crippen LogP contribution in [0.3, 0.4) is 0 Å². The van der Waals surface area contributed by atoms with Gasteiger partial charge in [-0.15, -0.1) is 0 Å². The van der Waals surface area contributed by atoms with Gasteiger partial charge in [-0.2, -0.15) is 5.10 Å². The molecule has 0 aromatic carbocycles. The number of aliphatic hydroxyl groups excluding tert-OH is 1. The van der Waals surface area contributed by atoms with E-state index in [0.29, 0.717) is 12.3 Å². The van der Waals surface area contributed by atoms with Crippen LogP contribution in [0.15, 0.2) is 16.9 Å². The van der Waals surface area contributed by atoms with Gasteiger partial charge < -0.3 is 10.4 Å². The molecule has 0 spiro atoms. The lowest BCUT2D eigenvalue weighted by Crippen LogP contribution is -2.39. The first-order valence-corrected chi connectivity index (χ1v) is 5.50. The van der Waals surface area contributed by atoms with Crippen LogP contribution in [-0.2, 0) is 0 Å². The average molecular weight is 239 g/mol. The monoisotopic (exact) mass is 239 g/mol. The van der Waals surface area contributed by atoms with Crippen LogP contribution in [0.4, 0.5) is 0 Å². The zero-order chi connectivity index (χ0) is 12.8. The van der Waals surface area contributed by atoms with Crippen molar-refractivity contribution in [2.75, 3.05) is 6.61 Å². The molecule has 0 aliphatic heterocycles. The number of hydrogen-bond acceptors (Lipinski definition) is 4. The average Bonchev–Trinajstić information content (AvgIpc) is 2.28. The number of carbonyl (C=O) groups is 1. The number of carbonyl (C=O) groups excluding carboxylic acids is 1. The van der Waals surface area contributed by atoms with Gasteiger partial charge in [0.15, 0.2) is 0 Å². The van der Waals surface area contributed by atoms with E-state index in [0.717, 1.165) is 0 Å². The Balaban J connectivity index is 2.64. The molecule has 1 heterocycles. The fourth-order valence-corrected chi connectivity index (χ4v) is 1.48. The minimum atomic E-state index is -0.402. The molecule has 1 amide bonds. The second-order valence-corrected chi connectivity index (χ2v) is 4.29. The molecule has 6 heteroatoms. The Hall–Kier alpha value is -1.69. The van der Waals surface area contributed by atoms with Crippen molar-refractivity contribution in [3.8, 4) is 0 Å². The molecular formula is C11H17N3O3.